The molecule has 13 heavy (non-hydrogen) atoms. The molecule has 0 aromatic carbocycles. The molecule has 1 aromatic rings. The van der Waals surface area contributed by atoms with Gasteiger partial charge in [0.15, 0.2) is 0 Å². The lowest BCUT2D eigenvalue weighted by Gasteiger charge is -2.16. The molecule has 1 amide bonds. The number of amides is 1. The maximum atomic E-state index is 11.4. The maximum Gasteiger partial charge on any atom is 0.244 e. The zero-order chi connectivity index (χ0) is 9.84. The largest absolute Gasteiger partial charge is 0.349 e. The Hall–Kier alpha value is -1.17. The third kappa shape index (κ3) is 2.66. The van der Waals surface area contributed by atoms with Crippen molar-refractivity contribution in [3.8, 4) is 0 Å². The number of carbonyl (C=O) groups is 1. The van der Waals surface area contributed by atoms with Crippen LogP contribution in [0.1, 0.15) is 6.92 Å². The molecule has 0 radical (unpaired) electrons. The quantitative estimate of drug-likeness (QED) is 0.768. The average Bonchev–Trinajstić information content (AvgIpc) is 2.55. The summed E-state index contributed by atoms with van der Waals surface area (Å²) in [5.41, 5.74) is 0. The molecule has 0 aliphatic heterocycles. The summed E-state index contributed by atoms with van der Waals surface area (Å²) in [4.78, 5) is 16.9. The highest BCUT2D eigenvalue weighted by Crippen LogP contribution is 2.08. The second kappa shape index (κ2) is 4.18. The van der Waals surface area contributed by atoms with Crippen molar-refractivity contribution in [3.63, 3.8) is 0 Å². The van der Waals surface area contributed by atoms with E-state index >= 15 is 0 Å². The molecule has 1 rings (SSSR count). The van der Waals surface area contributed by atoms with Crippen molar-refractivity contribution in [3.05, 3.63) is 6.33 Å². The number of carbonyl (C=O) groups excluding carboxylic acids is 1. The van der Waals surface area contributed by atoms with Gasteiger partial charge in [-0.25, -0.2) is 4.98 Å². The molecule has 0 aliphatic rings. The first-order chi connectivity index (χ1) is 6.11. The van der Waals surface area contributed by atoms with E-state index in [9.17, 15) is 4.79 Å². The molecule has 0 saturated heterocycles. The van der Waals surface area contributed by atoms with Gasteiger partial charge in [0.05, 0.1) is 0 Å². The van der Waals surface area contributed by atoms with Gasteiger partial charge in [0.25, 0.3) is 0 Å². The molecular weight excluding hydrogens is 188 g/mol. The van der Waals surface area contributed by atoms with E-state index < -0.39 is 0 Å². The number of hydrogen-bond acceptors (Lipinski definition) is 5. The van der Waals surface area contributed by atoms with Crippen LogP contribution in [0.5, 0.6) is 0 Å². The normalized spacial score (nSPS) is 12.2. The van der Waals surface area contributed by atoms with Crippen LogP contribution < -0.4 is 5.32 Å². The van der Waals surface area contributed by atoms with Gasteiger partial charge in [0.2, 0.25) is 11.0 Å². The van der Waals surface area contributed by atoms with Crippen molar-refractivity contribution in [2.75, 3.05) is 19.4 Å². The Balaban J connectivity index is 2.51. The van der Waals surface area contributed by atoms with Gasteiger partial charge in [-0.15, -0.1) is 0 Å². The van der Waals surface area contributed by atoms with E-state index in [1.165, 1.54) is 17.9 Å². The Labute approximate surface area is 80.9 Å². The van der Waals surface area contributed by atoms with Gasteiger partial charge in [0, 0.05) is 25.6 Å². The summed E-state index contributed by atoms with van der Waals surface area (Å²) in [6.07, 6.45) is 1.46. The van der Waals surface area contributed by atoms with Gasteiger partial charge in [-0.3, -0.25) is 4.79 Å². The monoisotopic (exact) mass is 200 g/mol. The van der Waals surface area contributed by atoms with Crippen molar-refractivity contribution in [1.29, 1.82) is 0 Å². The molecule has 0 saturated carbocycles. The number of hydrogen-bond donors (Lipinski definition) is 1. The van der Waals surface area contributed by atoms with Crippen LogP contribution in [0.15, 0.2) is 6.33 Å². The van der Waals surface area contributed by atoms with Crippen LogP contribution in [0.25, 0.3) is 0 Å². The van der Waals surface area contributed by atoms with Gasteiger partial charge in [-0.05, 0) is 6.92 Å². The van der Waals surface area contributed by atoms with Crippen molar-refractivity contribution >= 4 is 22.6 Å². The molecule has 72 valence electrons. The summed E-state index contributed by atoms with van der Waals surface area (Å²) >= 11 is 1.24. The Morgan fingerprint density at radius 3 is 2.85 bits per heavy atom. The SMILES string of the molecule is CC(Nc1ncns1)C(=O)N(C)C. The van der Waals surface area contributed by atoms with Crippen LogP contribution >= 0.6 is 11.5 Å². The third-order valence-electron chi connectivity index (χ3n) is 1.51. The first kappa shape index (κ1) is 9.91. The second-order valence-corrected chi connectivity index (χ2v) is 3.63. The van der Waals surface area contributed by atoms with Gasteiger partial charge < -0.3 is 10.2 Å². The van der Waals surface area contributed by atoms with Crippen molar-refractivity contribution < 1.29 is 4.79 Å². The third-order valence-corrected chi connectivity index (χ3v) is 2.11. The lowest BCUT2D eigenvalue weighted by molar-refractivity contribution is -0.129. The summed E-state index contributed by atoms with van der Waals surface area (Å²) < 4.78 is 3.82. The fourth-order valence-electron chi connectivity index (χ4n) is 0.871. The Kier molecular flexibility index (Phi) is 3.18. The van der Waals surface area contributed by atoms with E-state index in [0.29, 0.717) is 5.13 Å². The van der Waals surface area contributed by atoms with Crippen molar-refractivity contribution in [2.45, 2.75) is 13.0 Å². The molecule has 0 bridgehead atoms. The van der Waals surface area contributed by atoms with Gasteiger partial charge >= 0.3 is 0 Å². The lowest BCUT2D eigenvalue weighted by atomic mass is 10.3. The van der Waals surface area contributed by atoms with Crippen molar-refractivity contribution in [1.82, 2.24) is 14.3 Å². The summed E-state index contributed by atoms with van der Waals surface area (Å²) in [5, 5.41) is 3.63. The van der Waals surface area contributed by atoms with E-state index in [0.717, 1.165) is 0 Å². The summed E-state index contributed by atoms with van der Waals surface area (Å²) in [5.74, 6) is 0.0233. The minimum Gasteiger partial charge on any atom is -0.349 e. The predicted molar refractivity (Wildman–Crippen MR) is 51.7 cm³/mol. The first-order valence-electron chi connectivity index (χ1n) is 3.85. The topological polar surface area (TPSA) is 58.1 Å². The highest BCUT2D eigenvalue weighted by Gasteiger charge is 2.14. The predicted octanol–water partition coefficient (Wildman–Crippen LogP) is 0.427. The molecule has 1 aromatic heterocycles. The highest BCUT2D eigenvalue weighted by atomic mass is 32.1. The number of likely N-dealkylation sites (N-methyl/N-ethyl adjacent to an activating group) is 1. The zero-order valence-electron chi connectivity index (χ0n) is 7.81. The number of rotatable bonds is 3. The summed E-state index contributed by atoms with van der Waals surface area (Å²) in [6.45, 7) is 1.80. The van der Waals surface area contributed by atoms with E-state index in [1.54, 1.807) is 25.9 Å². The molecule has 0 fully saturated rings. The highest BCUT2D eigenvalue weighted by molar-refractivity contribution is 7.09. The molecule has 1 heterocycles. The van der Waals surface area contributed by atoms with Crippen molar-refractivity contribution in [2.24, 2.45) is 0 Å². The second-order valence-electron chi connectivity index (χ2n) is 2.85. The zero-order valence-corrected chi connectivity index (χ0v) is 8.63. The molecule has 1 atom stereocenters. The Morgan fingerprint density at radius 2 is 2.38 bits per heavy atom. The summed E-state index contributed by atoms with van der Waals surface area (Å²) in [7, 11) is 3.45. The minimum absolute atomic E-state index is 0.0233. The Morgan fingerprint density at radius 1 is 1.69 bits per heavy atom. The fraction of sp³-hybridized carbons (Fsp3) is 0.571. The minimum atomic E-state index is -0.261. The molecule has 0 spiro atoms. The van der Waals surface area contributed by atoms with Crippen LogP contribution in [0.3, 0.4) is 0 Å². The van der Waals surface area contributed by atoms with Gasteiger partial charge in [-0.2, -0.15) is 4.37 Å². The molecular formula is C7H12N4OS. The summed E-state index contributed by atoms with van der Waals surface area (Å²) in [6, 6.07) is -0.261. The van der Waals surface area contributed by atoms with E-state index in [-0.39, 0.29) is 11.9 Å². The standard InChI is InChI=1S/C7H12N4OS/c1-5(6(12)11(2)3)10-7-8-4-9-13-7/h4-5H,1-3H3,(H,8,9,10). The number of nitrogens with one attached hydrogen (secondary N) is 1. The van der Waals surface area contributed by atoms with E-state index in [2.05, 4.69) is 14.7 Å². The van der Waals surface area contributed by atoms with Crippen LogP contribution in [-0.2, 0) is 4.79 Å². The maximum absolute atomic E-state index is 11.4. The first-order valence-corrected chi connectivity index (χ1v) is 4.63. The van der Waals surface area contributed by atoms with Gasteiger partial charge in [-0.1, -0.05) is 0 Å². The van der Waals surface area contributed by atoms with E-state index in [4.69, 9.17) is 0 Å². The van der Waals surface area contributed by atoms with E-state index in [1.807, 2.05) is 0 Å². The number of aromatic nitrogens is 2. The number of anilines is 1. The smallest absolute Gasteiger partial charge is 0.244 e. The lowest BCUT2D eigenvalue weighted by Crippen LogP contribution is -2.36. The molecule has 1 N–H and O–H groups in total. The molecule has 5 nitrogen and oxygen atoms in total. The van der Waals surface area contributed by atoms with Crippen LogP contribution in [0.4, 0.5) is 5.13 Å². The average molecular weight is 200 g/mol. The van der Waals surface area contributed by atoms with Crippen LogP contribution in [0, 0.1) is 0 Å². The number of nitrogens with zero attached hydrogens (tertiary/aromatic N) is 3. The Bertz CT molecular complexity index is 272. The molecule has 1 unspecified atom stereocenters. The molecule has 0 aliphatic carbocycles. The molecule has 6 heteroatoms. The van der Waals surface area contributed by atoms with Crippen LogP contribution in [0.2, 0.25) is 0 Å². The van der Waals surface area contributed by atoms with Gasteiger partial charge in [0.1, 0.15) is 12.4 Å². The fourth-order valence-corrected chi connectivity index (χ4v) is 1.39. The van der Waals surface area contributed by atoms with Crippen LogP contribution in [-0.4, -0.2) is 40.3 Å².